The molecular weight excluding hydrogens is 313 g/mol. The third-order valence-electron chi connectivity index (χ3n) is 2.43. The lowest BCUT2D eigenvalue weighted by Gasteiger charge is -2.09. The van der Waals surface area contributed by atoms with Crippen molar-refractivity contribution in [2.45, 2.75) is 19.7 Å². The molecule has 0 atom stereocenters. The van der Waals surface area contributed by atoms with Crippen molar-refractivity contribution < 1.29 is 17.9 Å². The second kappa shape index (κ2) is 6.32. The summed E-state index contributed by atoms with van der Waals surface area (Å²) < 4.78 is 39.8. The third-order valence-corrected chi connectivity index (χ3v) is 3.42. The minimum Gasteiger partial charge on any atom is -0.406 e. The lowest BCUT2D eigenvalue weighted by Crippen LogP contribution is -2.17. The van der Waals surface area contributed by atoms with Crippen molar-refractivity contribution in [2.75, 3.05) is 5.73 Å². The second-order valence-corrected chi connectivity index (χ2v) is 5.04. The average Bonchev–Trinajstić information content (AvgIpc) is 2.58. The Morgan fingerprint density at radius 2 is 1.85 bits per heavy atom. The summed E-state index contributed by atoms with van der Waals surface area (Å²) in [4.78, 5) is 5.10. The number of thiazole rings is 1. The van der Waals surface area contributed by atoms with Gasteiger partial charge in [0.05, 0.1) is 5.69 Å². The molecular formula is C12H12ClF3N2OS. The highest BCUT2D eigenvalue weighted by Crippen LogP contribution is 2.26. The molecule has 20 heavy (non-hydrogen) atoms. The Morgan fingerprint density at radius 1 is 1.25 bits per heavy atom. The van der Waals surface area contributed by atoms with Gasteiger partial charge in [-0.3, -0.25) is 0 Å². The molecule has 0 aliphatic heterocycles. The molecule has 110 valence electrons. The van der Waals surface area contributed by atoms with Gasteiger partial charge in [-0.2, -0.15) is 0 Å². The van der Waals surface area contributed by atoms with Gasteiger partial charge >= 0.3 is 6.36 Å². The van der Waals surface area contributed by atoms with Crippen LogP contribution in [-0.4, -0.2) is 11.3 Å². The SMILES string of the molecule is Cc1nc(N)sc1Cc1ccc(OC(F)(F)F)cc1.Cl. The summed E-state index contributed by atoms with van der Waals surface area (Å²) in [5.74, 6) is -0.225. The highest BCUT2D eigenvalue weighted by molar-refractivity contribution is 7.15. The molecule has 2 N–H and O–H groups in total. The van der Waals surface area contributed by atoms with E-state index in [2.05, 4.69) is 9.72 Å². The van der Waals surface area contributed by atoms with E-state index in [9.17, 15) is 13.2 Å². The van der Waals surface area contributed by atoms with Crippen molar-refractivity contribution in [2.24, 2.45) is 0 Å². The Balaban J connectivity index is 0.00000200. The van der Waals surface area contributed by atoms with E-state index >= 15 is 0 Å². The van der Waals surface area contributed by atoms with Crippen LogP contribution in [-0.2, 0) is 6.42 Å². The first-order valence-corrected chi connectivity index (χ1v) is 6.21. The van der Waals surface area contributed by atoms with E-state index in [0.29, 0.717) is 11.6 Å². The van der Waals surface area contributed by atoms with Crippen LogP contribution in [0.1, 0.15) is 16.1 Å². The number of aromatic nitrogens is 1. The van der Waals surface area contributed by atoms with Crippen molar-refractivity contribution in [1.29, 1.82) is 0 Å². The molecule has 1 aromatic heterocycles. The number of rotatable bonds is 3. The summed E-state index contributed by atoms with van der Waals surface area (Å²) in [7, 11) is 0. The van der Waals surface area contributed by atoms with E-state index in [4.69, 9.17) is 5.73 Å². The smallest absolute Gasteiger partial charge is 0.406 e. The summed E-state index contributed by atoms with van der Waals surface area (Å²) in [5, 5.41) is 0.490. The molecule has 3 nitrogen and oxygen atoms in total. The highest BCUT2D eigenvalue weighted by Gasteiger charge is 2.30. The summed E-state index contributed by atoms with van der Waals surface area (Å²) in [6.45, 7) is 1.85. The molecule has 0 unspecified atom stereocenters. The van der Waals surface area contributed by atoms with E-state index in [-0.39, 0.29) is 18.2 Å². The maximum atomic E-state index is 12.0. The Kier molecular flexibility index (Phi) is 5.24. The molecule has 0 bridgehead atoms. The molecule has 8 heteroatoms. The van der Waals surface area contributed by atoms with Gasteiger partial charge in [0.25, 0.3) is 0 Å². The van der Waals surface area contributed by atoms with Gasteiger partial charge in [0.2, 0.25) is 0 Å². The molecule has 2 rings (SSSR count). The minimum absolute atomic E-state index is 0. The number of ether oxygens (including phenoxy) is 1. The van der Waals surface area contributed by atoms with Gasteiger partial charge in [0, 0.05) is 11.3 Å². The summed E-state index contributed by atoms with van der Waals surface area (Å²) in [6, 6.07) is 5.78. The van der Waals surface area contributed by atoms with E-state index in [1.807, 2.05) is 6.92 Å². The number of benzene rings is 1. The fourth-order valence-corrected chi connectivity index (χ4v) is 2.48. The van der Waals surface area contributed by atoms with E-state index in [1.54, 1.807) is 12.1 Å². The number of nitrogens with two attached hydrogens (primary N) is 1. The number of hydrogen-bond donors (Lipinski definition) is 1. The lowest BCUT2D eigenvalue weighted by atomic mass is 10.1. The molecule has 0 spiro atoms. The normalized spacial score (nSPS) is 11.0. The van der Waals surface area contributed by atoms with E-state index < -0.39 is 6.36 Å². The van der Waals surface area contributed by atoms with Crippen LogP contribution in [0.4, 0.5) is 18.3 Å². The molecule has 2 aromatic rings. The fourth-order valence-electron chi connectivity index (χ4n) is 1.61. The van der Waals surface area contributed by atoms with Crippen LogP contribution in [0.25, 0.3) is 0 Å². The van der Waals surface area contributed by atoms with Crippen molar-refractivity contribution >= 4 is 28.9 Å². The monoisotopic (exact) mass is 324 g/mol. The van der Waals surface area contributed by atoms with Gasteiger partial charge in [-0.25, -0.2) is 4.98 Å². The highest BCUT2D eigenvalue weighted by atomic mass is 35.5. The standard InChI is InChI=1S/C12H11F3N2OS.ClH/c1-7-10(19-11(16)17-7)6-8-2-4-9(5-3-8)18-12(13,14)15;/h2-5H,6H2,1H3,(H2,16,17);1H. The summed E-state index contributed by atoms with van der Waals surface area (Å²) in [6.07, 6.45) is -4.07. The number of nitrogen functional groups attached to an aromatic ring is 1. The van der Waals surface area contributed by atoms with Crippen LogP contribution in [0.15, 0.2) is 24.3 Å². The Morgan fingerprint density at radius 3 is 2.30 bits per heavy atom. The Hall–Kier alpha value is -1.47. The summed E-state index contributed by atoms with van der Waals surface area (Å²) in [5.41, 5.74) is 7.31. The van der Waals surface area contributed by atoms with Gasteiger partial charge in [0.15, 0.2) is 5.13 Å². The molecule has 1 aromatic carbocycles. The lowest BCUT2D eigenvalue weighted by molar-refractivity contribution is -0.274. The maximum absolute atomic E-state index is 12.0. The van der Waals surface area contributed by atoms with Crippen LogP contribution in [0.3, 0.4) is 0 Å². The largest absolute Gasteiger partial charge is 0.573 e. The Labute approximate surface area is 124 Å². The van der Waals surface area contributed by atoms with Gasteiger partial charge in [-0.15, -0.1) is 36.9 Å². The fraction of sp³-hybridized carbons (Fsp3) is 0.250. The maximum Gasteiger partial charge on any atom is 0.573 e. The van der Waals surface area contributed by atoms with Crippen LogP contribution >= 0.6 is 23.7 Å². The molecule has 0 amide bonds. The third kappa shape index (κ3) is 4.57. The molecule has 0 aliphatic carbocycles. The zero-order valence-corrected chi connectivity index (χ0v) is 12.0. The second-order valence-electron chi connectivity index (χ2n) is 3.93. The zero-order chi connectivity index (χ0) is 14.0. The van der Waals surface area contributed by atoms with Gasteiger partial charge in [-0.05, 0) is 24.6 Å². The van der Waals surface area contributed by atoms with Crippen LogP contribution in [0.5, 0.6) is 5.75 Å². The molecule has 0 radical (unpaired) electrons. The molecule has 0 aliphatic rings. The first-order valence-electron chi connectivity index (χ1n) is 5.40. The molecule has 0 saturated heterocycles. The number of alkyl halides is 3. The quantitative estimate of drug-likeness (QED) is 0.930. The average molecular weight is 325 g/mol. The number of hydrogen-bond acceptors (Lipinski definition) is 4. The number of nitrogens with zero attached hydrogens (tertiary/aromatic N) is 1. The molecule has 0 saturated carbocycles. The van der Waals surface area contributed by atoms with Gasteiger partial charge in [0.1, 0.15) is 5.75 Å². The number of aryl methyl sites for hydroxylation is 1. The van der Waals surface area contributed by atoms with Crippen LogP contribution in [0, 0.1) is 6.92 Å². The molecule has 1 heterocycles. The van der Waals surface area contributed by atoms with E-state index in [0.717, 1.165) is 16.1 Å². The van der Waals surface area contributed by atoms with Crippen LogP contribution < -0.4 is 10.5 Å². The first kappa shape index (κ1) is 16.6. The summed E-state index contributed by atoms with van der Waals surface area (Å²) >= 11 is 1.38. The molecule has 0 fully saturated rings. The predicted octanol–water partition coefficient (Wildman–Crippen LogP) is 3.94. The minimum atomic E-state index is -4.66. The van der Waals surface area contributed by atoms with Crippen molar-refractivity contribution in [3.05, 3.63) is 40.4 Å². The van der Waals surface area contributed by atoms with Gasteiger partial charge in [-0.1, -0.05) is 12.1 Å². The van der Waals surface area contributed by atoms with Gasteiger partial charge < -0.3 is 10.5 Å². The number of anilines is 1. The van der Waals surface area contributed by atoms with Crippen LogP contribution in [0.2, 0.25) is 0 Å². The predicted molar refractivity (Wildman–Crippen MR) is 74.4 cm³/mol. The topological polar surface area (TPSA) is 48.1 Å². The van der Waals surface area contributed by atoms with E-state index in [1.165, 1.54) is 23.5 Å². The zero-order valence-electron chi connectivity index (χ0n) is 10.4. The number of halogens is 4. The van der Waals surface area contributed by atoms with Crippen molar-refractivity contribution in [3.8, 4) is 5.75 Å². The first-order chi connectivity index (χ1) is 8.83. The van der Waals surface area contributed by atoms with Crippen molar-refractivity contribution in [1.82, 2.24) is 4.98 Å². The van der Waals surface area contributed by atoms with Crippen molar-refractivity contribution in [3.63, 3.8) is 0 Å². The Bertz CT molecular complexity index is 569.